The molecule has 0 bridgehead atoms. The summed E-state index contributed by atoms with van der Waals surface area (Å²) >= 11 is 0. The summed E-state index contributed by atoms with van der Waals surface area (Å²) in [4.78, 5) is 27.6. The van der Waals surface area contributed by atoms with E-state index in [9.17, 15) is 4.79 Å². The molecule has 180 valence electrons. The molecule has 0 spiro atoms. The Bertz CT molecular complexity index is 1570. The Hall–Kier alpha value is -4.46. The highest BCUT2D eigenvalue weighted by molar-refractivity contribution is 6.08. The van der Waals surface area contributed by atoms with Gasteiger partial charge < -0.3 is 19.5 Å². The highest BCUT2D eigenvalue weighted by Gasteiger charge is 2.28. The molecule has 1 N–H and O–H groups in total. The lowest BCUT2D eigenvalue weighted by atomic mass is 9.93. The SMILES string of the molecule is C=CC(=O)N1CC=C(c2c3c4c(ncnc4n2C)NCc2cc(Oc4cccc(C)n4)ccc2-3)CC1. The number of nitrogens with one attached hydrogen (secondary N) is 1. The van der Waals surface area contributed by atoms with Gasteiger partial charge in [-0.1, -0.05) is 24.8 Å². The van der Waals surface area contributed by atoms with Crippen LogP contribution in [0.5, 0.6) is 11.6 Å². The molecule has 4 aromatic rings. The molecule has 0 saturated heterocycles. The van der Waals surface area contributed by atoms with Gasteiger partial charge in [-0.15, -0.1) is 0 Å². The number of carbonyl (C=O) groups excluding carboxylic acids is 1. The first-order chi connectivity index (χ1) is 17.5. The van der Waals surface area contributed by atoms with Crippen molar-refractivity contribution in [2.75, 3.05) is 18.4 Å². The van der Waals surface area contributed by atoms with Crippen molar-refractivity contribution >= 4 is 28.3 Å². The van der Waals surface area contributed by atoms with Crippen LogP contribution in [-0.2, 0) is 18.4 Å². The van der Waals surface area contributed by atoms with Crippen molar-refractivity contribution in [2.24, 2.45) is 7.05 Å². The predicted octanol–water partition coefficient (Wildman–Crippen LogP) is 4.86. The molecular formula is C28H26N6O2. The maximum atomic E-state index is 12.1. The second kappa shape index (κ2) is 8.64. The molecule has 5 heterocycles. The van der Waals surface area contributed by atoms with Gasteiger partial charge in [-0.25, -0.2) is 15.0 Å². The molecule has 36 heavy (non-hydrogen) atoms. The molecule has 0 atom stereocenters. The monoisotopic (exact) mass is 478 g/mol. The van der Waals surface area contributed by atoms with E-state index in [-0.39, 0.29) is 5.91 Å². The average molecular weight is 479 g/mol. The number of rotatable bonds is 4. The molecule has 8 nitrogen and oxygen atoms in total. The van der Waals surface area contributed by atoms with E-state index in [2.05, 4.69) is 49.6 Å². The van der Waals surface area contributed by atoms with Crippen LogP contribution in [0, 0.1) is 6.92 Å². The van der Waals surface area contributed by atoms with Gasteiger partial charge in [0.2, 0.25) is 11.8 Å². The molecule has 0 aliphatic carbocycles. The number of benzene rings is 1. The Labute approximate surface area is 209 Å². The number of carbonyl (C=O) groups is 1. The molecule has 0 fully saturated rings. The number of pyridine rings is 1. The highest BCUT2D eigenvalue weighted by atomic mass is 16.5. The van der Waals surface area contributed by atoms with Gasteiger partial charge in [-0.05, 0) is 54.3 Å². The van der Waals surface area contributed by atoms with E-state index in [1.165, 1.54) is 11.6 Å². The van der Waals surface area contributed by atoms with E-state index in [4.69, 9.17) is 4.74 Å². The van der Waals surface area contributed by atoms with E-state index in [0.717, 1.165) is 57.1 Å². The maximum Gasteiger partial charge on any atom is 0.246 e. The summed E-state index contributed by atoms with van der Waals surface area (Å²) in [6.07, 6.45) is 5.87. The van der Waals surface area contributed by atoms with Crippen molar-refractivity contribution in [3.63, 3.8) is 0 Å². The van der Waals surface area contributed by atoms with Crippen molar-refractivity contribution in [1.82, 2.24) is 24.4 Å². The number of hydrogen-bond donors (Lipinski definition) is 1. The van der Waals surface area contributed by atoms with Gasteiger partial charge in [0.1, 0.15) is 23.5 Å². The summed E-state index contributed by atoms with van der Waals surface area (Å²) in [6.45, 7) is 7.38. The molecule has 6 rings (SSSR count). The van der Waals surface area contributed by atoms with Gasteiger partial charge in [0, 0.05) is 44.0 Å². The number of amides is 1. The van der Waals surface area contributed by atoms with E-state index >= 15 is 0 Å². The Morgan fingerprint density at radius 3 is 2.89 bits per heavy atom. The number of nitrogens with zero attached hydrogens (tertiary/aromatic N) is 5. The number of aromatic nitrogens is 4. The van der Waals surface area contributed by atoms with Crippen molar-refractivity contribution in [3.05, 3.63) is 78.4 Å². The molecule has 8 heteroatoms. The molecule has 0 radical (unpaired) electrons. The topological polar surface area (TPSA) is 85.2 Å². The van der Waals surface area contributed by atoms with Crippen molar-refractivity contribution in [3.8, 4) is 22.8 Å². The van der Waals surface area contributed by atoms with Crippen LogP contribution < -0.4 is 10.1 Å². The van der Waals surface area contributed by atoms with Crippen LogP contribution in [0.1, 0.15) is 23.4 Å². The third kappa shape index (κ3) is 3.62. The lowest BCUT2D eigenvalue weighted by Crippen LogP contribution is -2.33. The fourth-order valence-corrected chi connectivity index (χ4v) is 5.14. The van der Waals surface area contributed by atoms with Crippen LogP contribution in [0.25, 0.3) is 27.7 Å². The fourth-order valence-electron chi connectivity index (χ4n) is 5.14. The molecule has 2 aliphatic rings. The fraction of sp³-hybridized carbons (Fsp3) is 0.214. The Morgan fingerprint density at radius 2 is 2.11 bits per heavy atom. The predicted molar refractivity (Wildman–Crippen MR) is 140 cm³/mol. The maximum absolute atomic E-state index is 12.1. The second-order valence-electron chi connectivity index (χ2n) is 9.06. The largest absolute Gasteiger partial charge is 0.439 e. The van der Waals surface area contributed by atoms with Crippen LogP contribution in [0.3, 0.4) is 0 Å². The van der Waals surface area contributed by atoms with Gasteiger partial charge in [-0.2, -0.15) is 0 Å². The Balaban J connectivity index is 1.47. The van der Waals surface area contributed by atoms with Crippen molar-refractivity contribution in [2.45, 2.75) is 19.9 Å². The number of aryl methyl sites for hydroxylation is 2. The summed E-state index contributed by atoms with van der Waals surface area (Å²) in [6, 6.07) is 11.9. The number of hydrogen-bond acceptors (Lipinski definition) is 6. The van der Waals surface area contributed by atoms with Crippen LogP contribution in [-0.4, -0.2) is 43.4 Å². The molecule has 1 aromatic carbocycles. The van der Waals surface area contributed by atoms with Crippen LogP contribution in [0.2, 0.25) is 0 Å². The summed E-state index contributed by atoms with van der Waals surface area (Å²) in [7, 11) is 2.04. The molecular weight excluding hydrogens is 452 g/mol. The summed E-state index contributed by atoms with van der Waals surface area (Å²) in [5.74, 6) is 2.07. The first kappa shape index (κ1) is 22.0. The summed E-state index contributed by atoms with van der Waals surface area (Å²) in [5, 5.41) is 4.51. The van der Waals surface area contributed by atoms with Gasteiger partial charge in [-0.3, -0.25) is 4.79 Å². The number of fused-ring (bicyclic) bond motifs is 2. The lowest BCUT2D eigenvalue weighted by molar-refractivity contribution is -0.125. The Kier molecular flexibility index (Phi) is 5.29. The van der Waals surface area contributed by atoms with Gasteiger partial charge in [0.15, 0.2) is 0 Å². The third-order valence-electron chi connectivity index (χ3n) is 6.84. The minimum absolute atomic E-state index is 0.0428. The average Bonchev–Trinajstić information content (AvgIpc) is 3.09. The number of ether oxygens (including phenoxy) is 1. The number of anilines is 1. The zero-order chi connectivity index (χ0) is 24.8. The van der Waals surface area contributed by atoms with Crippen LogP contribution in [0.4, 0.5) is 5.82 Å². The van der Waals surface area contributed by atoms with E-state index in [1.54, 1.807) is 11.2 Å². The first-order valence-corrected chi connectivity index (χ1v) is 12.0. The van der Waals surface area contributed by atoms with E-state index < -0.39 is 0 Å². The third-order valence-corrected chi connectivity index (χ3v) is 6.84. The zero-order valence-electron chi connectivity index (χ0n) is 20.3. The van der Waals surface area contributed by atoms with E-state index in [1.807, 2.05) is 38.2 Å². The first-order valence-electron chi connectivity index (χ1n) is 12.0. The Morgan fingerprint density at radius 1 is 1.22 bits per heavy atom. The molecule has 3 aromatic heterocycles. The quantitative estimate of drug-likeness (QED) is 0.422. The summed E-state index contributed by atoms with van der Waals surface area (Å²) < 4.78 is 8.23. The van der Waals surface area contributed by atoms with Gasteiger partial charge in [0.25, 0.3) is 0 Å². The minimum Gasteiger partial charge on any atom is -0.439 e. The molecule has 0 saturated carbocycles. The lowest BCUT2D eigenvalue weighted by Gasteiger charge is -2.26. The van der Waals surface area contributed by atoms with Crippen molar-refractivity contribution in [1.29, 1.82) is 0 Å². The van der Waals surface area contributed by atoms with Crippen LogP contribution >= 0.6 is 0 Å². The highest BCUT2D eigenvalue weighted by Crippen LogP contribution is 2.45. The van der Waals surface area contributed by atoms with Gasteiger partial charge >= 0.3 is 0 Å². The molecule has 1 amide bonds. The van der Waals surface area contributed by atoms with E-state index in [0.29, 0.717) is 25.5 Å². The smallest absolute Gasteiger partial charge is 0.246 e. The van der Waals surface area contributed by atoms with Crippen LogP contribution in [0.15, 0.2) is 61.5 Å². The standard InChI is InChI=1S/C28H26N6O2/c1-4-23(35)34-12-10-18(11-13-34)26-24-21-9-8-20(36-22-7-5-6-17(2)32-22)14-19(21)15-29-27-25(24)28(33(26)3)31-16-30-27/h4-10,14,16H,1,11-13,15H2,2-3H3,(H,29,30,31). The zero-order valence-corrected chi connectivity index (χ0v) is 20.3. The second-order valence-corrected chi connectivity index (χ2v) is 9.06. The van der Waals surface area contributed by atoms with Gasteiger partial charge in [0.05, 0.1) is 11.1 Å². The van der Waals surface area contributed by atoms with Crippen molar-refractivity contribution < 1.29 is 9.53 Å². The molecule has 0 unspecified atom stereocenters. The minimum atomic E-state index is -0.0428. The normalized spacial score (nSPS) is 14.5. The summed E-state index contributed by atoms with van der Waals surface area (Å²) in [5.41, 5.74) is 7.41. The molecule has 2 aliphatic heterocycles.